The fraction of sp³-hybridized carbons (Fsp3) is 0.750. The molecule has 0 aliphatic carbocycles. The van der Waals surface area contributed by atoms with Crippen LogP contribution >= 0.6 is 0 Å². The van der Waals surface area contributed by atoms with Crippen LogP contribution in [0.4, 0.5) is 0 Å². The number of carbonyl (C=O) groups is 1. The number of rotatable bonds is 10. The van der Waals surface area contributed by atoms with E-state index in [0.717, 1.165) is 12.8 Å². The summed E-state index contributed by atoms with van der Waals surface area (Å²) in [4.78, 5) is 10.2. The third-order valence-electron chi connectivity index (χ3n) is 2.49. The van der Waals surface area contributed by atoms with E-state index in [-0.39, 0.29) is 0 Å². The molecule has 0 spiro atoms. The Morgan fingerprint density at radius 1 is 0.727 bits per heavy atom. The topological polar surface area (TPSA) is 37.3 Å². The van der Waals surface area contributed by atoms with Gasteiger partial charge in [0.1, 0.15) is 0 Å². The van der Waals surface area contributed by atoms with Gasteiger partial charge < -0.3 is 5.11 Å². The Morgan fingerprint density at radius 2 is 1.00 bits per heavy atom. The number of aliphatic carboxylic acids is 1. The van der Waals surface area contributed by atoms with Gasteiger partial charge in [0, 0.05) is 6.42 Å². The number of hydrogen-bond acceptors (Lipinski definition) is 1. The molecular formula is C20H40O2. The van der Waals surface area contributed by atoms with Gasteiger partial charge in [-0.25, -0.2) is 0 Å². The minimum Gasteiger partial charge on any atom is -0.481 e. The molecule has 0 rings (SSSR count). The molecule has 0 aliphatic rings. The van der Waals surface area contributed by atoms with Gasteiger partial charge in [0.15, 0.2) is 0 Å². The van der Waals surface area contributed by atoms with Gasteiger partial charge in [-0.2, -0.15) is 0 Å². The molecule has 0 heterocycles. The number of allylic oxidation sites excluding steroid dienone is 2. The van der Waals surface area contributed by atoms with Crippen LogP contribution < -0.4 is 0 Å². The van der Waals surface area contributed by atoms with Crippen molar-refractivity contribution >= 4 is 5.97 Å². The third kappa shape index (κ3) is 61.7. The lowest BCUT2D eigenvalue weighted by molar-refractivity contribution is -0.137. The summed E-state index contributed by atoms with van der Waals surface area (Å²) < 4.78 is 0. The first-order valence-electron chi connectivity index (χ1n) is 8.70. The minimum atomic E-state index is -0.659. The van der Waals surface area contributed by atoms with E-state index in [0.29, 0.717) is 6.42 Å². The zero-order valence-electron chi connectivity index (χ0n) is 15.8. The summed E-state index contributed by atoms with van der Waals surface area (Å²) in [6, 6.07) is 0. The van der Waals surface area contributed by atoms with E-state index < -0.39 is 5.97 Å². The molecule has 0 amide bonds. The molecule has 0 unspecified atom stereocenters. The molecule has 22 heavy (non-hydrogen) atoms. The highest BCUT2D eigenvalue weighted by molar-refractivity contribution is 5.66. The van der Waals surface area contributed by atoms with Crippen molar-refractivity contribution in [2.45, 2.75) is 98.8 Å². The molecule has 0 saturated carbocycles. The molecule has 132 valence electrons. The Kier molecular flexibility index (Phi) is 26.2. The Labute approximate surface area is 139 Å². The Balaban J connectivity index is -0.000000372. The Morgan fingerprint density at radius 3 is 1.27 bits per heavy atom. The van der Waals surface area contributed by atoms with Crippen LogP contribution in [-0.4, -0.2) is 11.1 Å². The van der Waals surface area contributed by atoms with E-state index >= 15 is 0 Å². The molecule has 2 heteroatoms. The van der Waals surface area contributed by atoms with Gasteiger partial charge in [-0.15, -0.1) is 13.2 Å². The van der Waals surface area contributed by atoms with Gasteiger partial charge in [-0.05, 0) is 34.1 Å². The highest BCUT2D eigenvalue weighted by Gasteiger charge is 1.96. The maximum absolute atomic E-state index is 10.2. The quantitative estimate of drug-likeness (QED) is 0.343. The van der Waals surface area contributed by atoms with Crippen LogP contribution in [0.15, 0.2) is 24.3 Å². The highest BCUT2D eigenvalue weighted by Crippen LogP contribution is 2.10. The maximum Gasteiger partial charge on any atom is 0.303 e. The summed E-state index contributed by atoms with van der Waals surface area (Å²) in [6.07, 6.45) is 11.5. The van der Waals surface area contributed by atoms with Gasteiger partial charge in [-0.3, -0.25) is 4.79 Å². The molecule has 0 atom stereocenters. The van der Waals surface area contributed by atoms with Crippen LogP contribution in [0.1, 0.15) is 98.8 Å². The molecule has 1 N–H and O–H groups in total. The fourth-order valence-corrected chi connectivity index (χ4v) is 1.59. The van der Waals surface area contributed by atoms with Gasteiger partial charge in [0.25, 0.3) is 0 Å². The molecule has 0 aromatic heterocycles. The van der Waals surface area contributed by atoms with Crippen molar-refractivity contribution in [1.29, 1.82) is 0 Å². The third-order valence-corrected chi connectivity index (χ3v) is 2.49. The second-order valence-electron chi connectivity index (χ2n) is 6.39. The molecule has 0 aromatic rings. The summed E-state index contributed by atoms with van der Waals surface area (Å²) in [5, 5.41) is 8.41. The van der Waals surface area contributed by atoms with Gasteiger partial charge in [0.05, 0.1) is 0 Å². The van der Waals surface area contributed by atoms with E-state index in [4.69, 9.17) is 5.11 Å². The van der Waals surface area contributed by atoms with Crippen molar-refractivity contribution in [3.05, 3.63) is 24.3 Å². The van der Waals surface area contributed by atoms with Crippen LogP contribution in [-0.2, 0) is 4.79 Å². The second-order valence-corrected chi connectivity index (χ2v) is 6.39. The highest BCUT2D eigenvalue weighted by atomic mass is 16.4. The molecule has 0 saturated heterocycles. The SMILES string of the molecule is C=C(C)C.C=C(C)C.CCCCCCCCCCCC(=O)O. The smallest absolute Gasteiger partial charge is 0.303 e. The summed E-state index contributed by atoms with van der Waals surface area (Å²) in [6.45, 7) is 17.2. The molecule has 0 radical (unpaired) electrons. The van der Waals surface area contributed by atoms with E-state index in [1.54, 1.807) is 0 Å². The molecule has 0 fully saturated rings. The van der Waals surface area contributed by atoms with Crippen LogP contribution in [0.2, 0.25) is 0 Å². The molecular weight excluding hydrogens is 272 g/mol. The van der Waals surface area contributed by atoms with Crippen molar-refractivity contribution < 1.29 is 9.90 Å². The predicted octanol–water partition coefficient (Wildman–Crippen LogP) is 7.16. The zero-order valence-corrected chi connectivity index (χ0v) is 15.8. The molecule has 0 bridgehead atoms. The van der Waals surface area contributed by atoms with Gasteiger partial charge in [-0.1, -0.05) is 69.4 Å². The lowest BCUT2D eigenvalue weighted by Crippen LogP contribution is -1.93. The maximum atomic E-state index is 10.2. The molecule has 2 nitrogen and oxygen atoms in total. The van der Waals surface area contributed by atoms with Crippen molar-refractivity contribution in [3.8, 4) is 0 Å². The van der Waals surface area contributed by atoms with E-state index in [1.165, 1.54) is 56.1 Å². The zero-order chi connectivity index (χ0) is 17.8. The van der Waals surface area contributed by atoms with Crippen molar-refractivity contribution in [2.75, 3.05) is 0 Å². The Bertz CT molecular complexity index is 247. The minimum absolute atomic E-state index is 0.343. The first-order valence-corrected chi connectivity index (χ1v) is 8.70. The number of hydrogen-bond donors (Lipinski definition) is 1. The first kappa shape index (κ1) is 25.9. The lowest BCUT2D eigenvalue weighted by atomic mass is 10.1. The predicted molar refractivity (Wildman–Crippen MR) is 100 cm³/mol. The van der Waals surface area contributed by atoms with Crippen LogP contribution in [0.25, 0.3) is 0 Å². The number of carboxylic acid groups (broad SMARTS) is 1. The molecule has 0 aromatic carbocycles. The van der Waals surface area contributed by atoms with E-state index in [2.05, 4.69) is 20.1 Å². The normalized spacial score (nSPS) is 8.95. The number of carboxylic acids is 1. The van der Waals surface area contributed by atoms with E-state index in [1.807, 2.05) is 27.7 Å². The average Bonchev–Trinajstić information content (AvgIpc) is 2.35. The average molecular weight is 313 g/mol. The van der Waals surface area contributed by atoms with Crippen LogP contribution in [0.5, 0.6) is 0 Å². The summed E-state index contributed by atoms with van der Waals surface area (Å²) in [5.41, 5.74) is 2.33. The lowest BCUT2D eigenvalue weighted by Gasteiger charge is -2.00. The number of unbranched alkanes of at least 4 members (excludes halogenated alkanes) is 8. The summed E-state index contributed by atoms with van der Waals surface area (Å²) in [5.74, 6) is -0.659. The monoisotopic (exact) mass is 312 g/mol. The summed E-state index contributed by atoms with van der Waals surface area (Å²) in [7, 11) is 0. The second kappa shape index (κ2) is 22.2. The van der Waals surface area contributed by atoms with Gasteiger partial charge in [0.2, 0.25) is 0 Å². The molecule has 0 aliphatic heterocycles. The van der Waals surface area contributed by atoms with Crippen molar-refractivity contribution in [2.24, 2.45) is 0 Å². The van der Waals surface area contributed by atoms with E-state index in [9.17, 15) is 4.79 Å². The van der Waals surface area contributed by atoms with Crippen LogP contribution in [0.3, 0.4) is 0 Å². The van der Waals surface area contributed by atoms with Crippen LogP contribution in [0, 0.1) is 0 Å². The Hall–Kier alpha value is -1.05. The fourth-order valence-electron chi connectivity index (χ4n) is 1.59. The largest absolute Gasteiger partial charge is 0.481 e. The van der Waals surface area contributed by atoms with Gasteiger partial charge >= 0.3 is 5.97 Å². The standard InChI is InChI=1S/C12H24O2.2C4H8/c1-2-3-4-5-6-7-8-9-10-11-12(13)14;2*1-4(2)3/h2-11H2,1H3,(H,13,14);2*1H2,2-3H3. The summed E-state index contributed by atoms with van der Waals surface area (Å²) >= 11 is 0. The van der Waals surface area contributed by atoms with Crippen molar-refractivity contribution in [1.82, 2.24) is 0 Å². The first-order chi connectivity index (χ1) is 10.2. The van der Waals surface area contributed by atoms with Crippen molar-refractivity contribution in [3.63, 3.8) is 0 Å².